The van der Waals surface area contributed by atoms with Crippen LogP contribution in [0.25, 0.3) is 0 Å². The number of fused-ring (bicyclic) bond motifs is 3. The molecule has 3 aliphatic rings. The van der Waals surface area contributed by atoms with Crippen LogP contribution in [-0.2, 0) is 19.0 Å². The zero-order valence-electron chi connectivity index (χ0n) is 9.91. The molecule has 2 bridgehead atoms. The van der Waals surface area contributed by atoms with Crippen molar-refractivity contribution in [2.75, 3.05) is 19.8 Å². The molecule has 3 fully saturated rings. The molecule has 0 aromatic carbocycles. The second-order valence-electron chi connectivity index (χ2n) is 5.73. The van der Waals surface area contributed by atoms with Gasteiger partial charge in [-0.2, -0.15) is 0 Å². The summed E-state index contributed by atoms with van der Waals surface area (Å²) >= 11 is 0. The van der Waals surface area contributed by atoms with E-state index < -0.39 is 17.4 Å². The lowest BCUT2D eigenvalue weighted by Crippen LogP contribution is -2.60. The van der Waals surface area contributed by atoms with Gasteiger partial charge in [0.05, 0.1) is 25.2 Å². The standard InChI is InChI=1S/C11H18O5/c1-9(2,8(12)13)4-11-14-5-10(3,6-15-11)7-16-11/h4-7H2,1-3H3,(H,12,13). The van der Waals surface area contributed by atoms with E-state index in [1.54, 1.807) is 13.8 Å². The summed E-state index contributed by atoms with van der Waals surface area (Å²) in [6.07, 6.45) is 0.200. The molecule has 92 valence electrons. The molecule has 0 aromatic rings. The molecule has 0 unspecified atom stereocenters. The first-order chi connectivity index (χ1) is 7.27. The lowest BCUT2D eigenvalue weighted by atomic mass is 9.85. The molecule has 0 amide bonds. The summed E-state index contributed by atoms with van der Waals surface area (Å²) in [5, 5.41) is 9.08. The Labute approximate surface area is 94.7 Å². The maximum atomic E-state index is 11.1. The number of rotatable bonds is 3. The Morgan fingerprint density at radius 1 is 1.25 bits per heavy atom. The van der Waals surface area contributed by atoms with Crippen LogP contribution in [0.15, 0.2) is 0 Å². The van der Waals surface area contributed by atoms with E-state index >= 15 is 0 Å². The van der Waals surface area contributed by atoms with E-state index in [0.717, 1.165) is 0 Å². The third-order valence-electron chi connectivity index (χ3n) is 3.16. The van der Waals surface area contributed by atoms with Crippen molar-refractivity contribution in [1.29, 1.82) is 0 Å². The summed E-state index contributed by atoms with van der Waals surface area (Å²) in [5.41, 5.74) is -1.01. The Balaban J connectivity index is 2.08. The van der Waals surface area contributed by atoms with Crippen molar-refractivity contribution in [1.82, 2.24) is 0 Å². The van der Waals surface area contributed by atoms with Crippen molar-refractivity contribution in [3.63, 3.8) is 0 Å². The molecule has 5 heteroatoms. The van der Waals surface area contributed by atoms with Crippen LogP contribution in [0, 0.1) is 10.8 Å². The van der Waals surface area contributed by atoms with Gasteiger partial charge < -0.3 is 19.3 Å². The first-order valence-electron chi connectivity index (χ1n) is 5.42. The largest absolute Gasteiger partial charge is 0.481 e. The third-order valence-corrected chi connectivity index (χ3v) is 3.16. The highest BCUT2D eigenvalue weighted by atomic mass is 16.9. The van der Waals surface area contributed by atoms with Crippen molar-refractivity contribution < 1.29 is 24.1 Å². The zero-order chi connectivity index (χ0) is 12.0. The van der Waals surface area contributed by atoms with Gasteiger partial charge in [-0.1, -0.05) is 6.92 Å². The summed E-state index contributed by atoms with van der Waals surface area (Å²) < 4.78 is 16.6. The molecule has 1 N–H and O–H groups in total. The van der Waals surface area contributed by atoms with Gasteiger partial charge in [-0.3, -0.25) is 4.79 Å². The van der Waals surface area contributed by atoms with Crippen LogP contribution < -0.4 is 0 Å². The van der Waals surface area contributed by atoms with Crippen LogP contribution >= 0.6 is 0 Å². The minimum absolute atomic E-state index is 0.0882. The van der Waals surface area contributed by atoms with Gasteiger partial charge in [0, 0.05) is 11.8 Å². The van der Waals surface area contributed by atoms with Gasteiger partial charge in [-0.25, -0.2) is 0 Å². The number of hydrogen-bond acceptors (Lipinski definition) is 4. The average Bonchev–Trinajstić information content (AvgIpc) is 2.20. The van der Waals surface area contributed by atoms with Crippen molar-refractivity contribution >= 4 is 5.97 Å². The molecule has 0 atom stereocenters. The van der Waals surface area contributed by atoms with Gasteiger partial charge in [-0.15, -0.1) is 0 Å². The van der Waals surface area contributed by atoms with Crippen molar-refractivity contribution in [2.45, 2.75) is 33.2 Å². The van der Waals surface area contributed by atoms with Crippen LogP contribution in [0.4, 0.5) is 0 Å². The van der Waals surface area contributed by atoms with Gasteiger partial charge in [0.25, 0.3) is 5.97 Å². The average molecular weight is 230 g/mol. The molecule has 0 saturated carbocycles. The van der Waals surface area contributed by atoms with Gasteiger partial charge in [0.15, 0.2) is 0 Å². The first-order valence-corrected chi connectivity index (χ1v) is 5.42. The fraction of sp³-hybridized carbons (Fsp3) is 0.909. The Hall–Kier alpha value is -0.650. The molecule has 3 saturated heterocycles. The summed E-state index contributed by atoms with van der Waals surface area (Å²) in [5.74, 6) is -2.03. The van der Waals surface area contributed by atoms with E-state index in [0.29, 0.717) is 19.8 Å². The molecule has 0 spiro atoms. The van der Waals surface area contributed by atoms with E-state index in [1.165, 1.54) is 0 Å². The number of carboxylic acid groups (broad SMARTS) is 1. The molecular formula is C11H18O5. The Kier molecular flexibility index (Phi) is 2.53. The van der Waals surface area contributed by atoms with E-state index in [2.05, 4.69) is 0 Å². The van der Waals surface area contributed by atoms with E-state index in [-0.39, 0.29) is 11.8 Å². The van der Waals surface area contributed by atoms with Crippen LogP contribution in [-0.4, -0.2) is 36.9 Å². The van der Waals surface area contributed by atoms with Gasteiger partial charge in [0.2, 0.25) is 0 Å². The Bertz CT molecular complexity index is 285. The predicted molar refractivity (Wildman–Crippen MR) is 54.7 cm³/mol. The van der Waals surface area contributed by atoms with Crippen LogP contribution in [0.1, 0.15) is 27.2 Å². The lowest BCUT2D eigenvalue weighted by molar-refractivity contribution is -0.471. The molecule has 5 nitrogen and oxygen atoms in total. The normalized spacial score (nSPS) is 38.7. The summed E-state index contributed by atoms with van der Waals surface area (Å²) in [6.45, 7) is 6.98. The molecular weight excluding hydrogens is 212 g/mol. The van der Waals surface area contributed by atoms with Crippen LogP contribution in [0.5, 0.6) is 0 Å². The van der Waals surface area contributed by atoms with E-state index in [1.807, 2.05) is 6.92 Å². The third kappa shape index (κ3) is 1.95. The van der Waals surface area contributed by atoms with Crippen LogP contribution in [0.3, 0.4) is 0 Å². The maximum absolute atomic E-state index is 11.1. The summed E-state index contributed by atoms with van der Waals surface area (Å²) in [7, 11) is 0. The molecule has 0 aromatic heterocycles. The molecule has 3 aliphatic heterocycles. The summed E-state index contributed by atoms with van der Waals surface area (Å²) in [6, 6.07) is 0. The minimum atomic E-state index is -1.15. The molecule has 16 heavy (non-hydrogen) atoms. The fourth-order valence-electron chi connectivity index (χ4n) is 1.87. The quantitative estimate of drug-likeness (QED) is 0.789. The monoisotopic (exact) mass is 230 g/mol. The number of aliphatic carboxylic acids is 1. The van der Waals surface area contributed by atoms with Crippen molar-refractivity contribution in [3.8, 4) is 0 Å². The highest BCUT2D eigenvalue weighted by molar-refractivity contribution is 5.73. The first kappa shape index (κ1) is 11.8. The molecule has 0 radical (unpaired) electrons. The van der Waals surface area contributed by atoms with E-state index in [9.17, 15) is 4.79 Å². The molecule has 0 aliphatic carbocycles. The fourth-order valence-corrected chi connectivity index (χ4v) is 1.87. The van der Waals surface area contributed by atoms with Gasteiger partial charge in [0.1, 0.15) is 0 Å². The Morgan fingerprint density at radius 3 is 2.06 bits per heavy atom. The number of carbonyl (C=O) groups is 1. The van der Waals surface area contributed by atoms with Crippen molar-refractivity contribution in [2.24, 2.45) is 10.8 Å². The highest BCUT2D eigenvalue weighted by Gasteiger charge is 2.53. The minimum Gasteiger partial charge on any atom is -0.481 e. The second kappa shape index (κ2) is 3.42. The zero-order valence-corrected chi connectivity index (χ0v) is 9.91. The topological polar surface area (TPSA) is 65.0 Å². The second-order valence-corrected chi connectivity index (χ2v) is 5.73. The summed E-state index contributed by atoms with van der Waals surface area (Å²) in [4.78, 5) is 11.1. The van der Waals surface area contributed by atoms with Gasteiger partial charge in [-0.05, 0) is 13.8 Å². The maximum Gasteiger partial charge on any atom is 0.309 e. The molecule has 3 rings (SSSR count). The van der Waals surface area contributed by atoms with Crippen LogP contribution in [0.2, 0.25) is 0 Å². The predicted octanol–water partition coefficient (Wildman–Crippen LogP) is 1.22. The number of carboxylic acids is 1. The van der Waals surface area contributed by atoms with Gasteiger partial charge >= 0.3 is 5.97 Å². The van der Waals surface area contributed by atoms with E-state index in [4.69, 9.17) is 19.3 Å². The number of hydrogen-bond donors (Lipinski definition) is 1. The molecule has 3 heterocycles. The highest BCUT2D eigenvalue weighted by Crippen LogP contribution is 2.43. The smallest absolute Gasteiger partial charge is 0.309 e. The number of ether oxygens (including phenoxy) is 3. The lowest BCUT2D eigenvalue weighted by Gasteiger charge is -2.51. The Morgan fingerprint density at radius 2 is 1.69 bits per heavy atom. The van der Waals surface area contributed by atoms with Crippen molar-refractivity contribution in [3.05, 3.63) is 0 Å². The SMILES string of the molecule is CC12COC(CC(C)(C)C(=O)O)(OC1)OC2.